The summed E-state index contributed by atoms with van der Waals surface area (Å²) in [6.45, 7) is 12.6. The molecule has 0 aliphatic heterocycles. The Morgan fingerprint density at radius 3 is 2.34 bits per heavy atom. The lowest BCUT2D eigenvalue weighted by Gasteiger charge is -2.13. The van der Waals surface area contributed by atoms with Gasteiger partial charge in [-0.2, -0.15) is 11.8 Å². The van der Waals surface area contributed by atoms with Gasteiger partial charge in [-0.25, -0.2) is 4.79 Å². The van der Waals surface area contributed by atoms with Gasteiger partial charge in [-0.05, 0) is 75.1 Å². The fourth-order valence-corrected chi connectivity index (χ4v) is 3.81. The number of carbonyl (C=O) groups excluding carboxylic acids is 2. The molecule has 38 heavy (non-hydrogen) atoms. The SMILES string of the molecule is CC(C)=CC1C(C(=O)OCc2cccc(Oc3ccccc3)c2)C1(C)C.CNC(=O)O/N=C/C(C)(C)SC. The van der Waals surface area contributed by atoms with Crippen LogP contribution in [0.25, 0.3) is 0 Å². The second kappa shape index (κ2) is 14.0. The predicted octanol–water partition coefficient (Wildman–Crippen LogP) is 7.23. The molecule has 8 heteroatoms. The Balaban J connectivity index is 0.000000358. The van der Waals surface area contributed by atoms with Crippen LogP contribution in [0.2, 0.25) is 0 Å². The molecule has 0 bridgehead atoms. The number of amides is 1. The minimum atomic E-state index is -0.553. The highest BCUT2D eigenvalue weighted by atomic mass is 32.2. The van der Waals surface area contributed by atoms with Crippen LogP contribution in [0.5, 0.6) is 11.5 Å². The number of ether oxygens (including phenoxy) is 2. The predicted molar refractivity (Wildman–Crippen MR) is 155 cm³/mol. The van der Waals surface area contributed by atoms with E-state index in [2.05, 4.69) is 49.1 Å². The molecule has 2 aromatic carbocycles. The standard InChI is InChI=1S/C23H26O3.C7H14N2O2S/c1-16(2)13-20-21(23(20,3)4)22(24)25-15-17-9-8-12-19(14-17)26-18-10-6-5-7-11-18;1-7(2,12-4)5-9-11-6(10)8-3/h5-14,20-21H,15H2,1-4H3;5H,1-4H3,(H,8,10)/b;9-5+. The minimum absolute atomic E-state index is 0.0212. The maximum absolute atomic E-state index is 12.5. The van der Waals surface area contributed by atoms with Crippen molar-refractivity contribution in [3.63, 3.8) is 0 Å². The molecule has 1 aliphatic carbocycles. The van der Waals surface area contributed by atoms with E-state index in [4.69, 9.17) is 9.47 Å². The molecule has 206 valence electrons. The Kier molecular flexibility index (Phi) is 11.4. The van der Waals surface area contributed by atoms with Crippen LogP contribution in [0.15, 0.2) is 71.4 Å². The van der Waals surface area contributed by atoms with E-state index in [1.807, 2.05) is 74.7 Å². The molecule has 1 aliphatic rings. The first-order valence-electron chi connectivity index (χ1n) is 12.5. The summed E-state index contributed by atoms with van der Waals surface area (Å²) in [5.74, 6) is 1.62. The van der Waals surface area contributed by atoms with E-state index in [9.17, 15) is 9.59 Å². The molecular formula is C30H40N2O5S. The summed E-state index contributed by atoms with van der Waals surface area (Å²) in [4.78, 5) is 27.4. The third-order valence-electron chi connectivity index (χ3n) is 6.17. The number of hydrogen-bond donors (Lipinski definition) is 1. The summed E-state index contributed by atoms with van der Waals surface area (Å²) >= 11 is 1.63. The van der Waals surface area contributed by atoms with Crippen molar-refractivity contribution in [3.8, 4) is 11.5 Å². The number of carbonyl (C=O) groups is 2. The number of rotatable bonds is 9. The molecule has 0 radical (unpaired) electrons. The second-order valence-electron chi connectivity index (χ2n) is 10.4. The fraction of sp³-hybridized carbons (Fsp3) is 0.433. The third kappa shape index (κ3) is 9.89. The van der Waals surface area contributed by atoms with Gasteiger partial charge in [-0.1, -0.05) is 61.0 Å². The minimum Gasteiger partial charge on any atom is -0.461 e. The van der Waals surface area contributed by atoms with Gasteiger partial charge < -0.3 is 14.8 Å². The number of hydrogen-bond acceptors (Lipinski definition) is 7. The average molecular weight is 541 g/mol. The zero-order valence-corrected chi connectivity index (χ0v) is 24.4. The van der Waals surface area contributed by atoms with Crippen molar-refractivity contribution in [1.82, 2.24) is 5.32 Å². The molecule has 2 atom stereocenters. The molecule has 2 unspecified atom stereocenters. The van der Waals surface area contributed by atoms with Crippen LogP contribution < -0.4 is 10.1 Å². The third-order valence-corrected chi connectivity index (χ3v) is 7.32. The first-order valence-corrected chi connectivity index (χ1v) is 13.7. The molecule has 1 N–H and O–H groups in total. The summed E-state index contributed by atoms with van der Waals surface area (Å²) in [6.07, 6.45) is 5.18. The van der Waals surface area contributed by atoms with Gasteiger partial charge in [0, 0.05) is 11.8 Å². The van der Waals surface area contributed by atoms with E-state index >= 15 is 0 Å². The van der Waals surface area contributed by atoms with Crippen molar-refractivity contribution < 1.29 is 23.9 Å². The van der Waals surface area contributed by atoms with Crippen LogP contribution in [0.4, 0.5) is 4.79 Å². The molecule has 3 rings (SSSR count). The van der Waals surface area contributed by atoms with E-state index in [-0.39, 0.29) is 34.6 Å². The van der Waals surface area contributed by atoms with Gasteiger partial charge in [0.25, 0.3) is 0 Å². The molecular weight excluding hydrogens is 500 g/mol. The van der Waals surface area contributed by atoms with Crippen LogP contribution in [-0.2, 0) is 21.0 Å². The van der Waals surface area contributed by atoms with Gasteiger partial charge in [-0.3, -0.25) is 9.63 Å². The summed E-state index contributed by atoms with van der Waals surface area (Å²) in [5, 5.41) is 5.81. The van der Waals surface area contributed by atoms with E-state index in [1.54, 1.807) is 18.0 Å². The molecule has 1 fully saturated rings. The van der Waals surface area contributed by atoms with Gasteiger partial charge in [0.1, 0.15) is 18.1 Å². The number of nitrogens with zero attached hydrogens (tertiary/aromatic N) is 1. The number of nitrogens with one attached hydrogen (secondary N) is 1. The number of thioether (sulfide) groups is 1. The summed E-state index contributed by atoms with van der Waals surface area (Å²) in [7, 11) is 1.48. The largest absolute Gasteiger partial charge is 0.461 e. The summed E-state index contributed by atoms with van der Waals surface area (Å²) in [6, 6.07) is 17.3. The van der Waals surface area contributed by atoms with Gasteiger partial charge in [0.05, 0.1) is 12.1 Å². The topological polar surface area (TPSA) is 86.2 Å². The lowest BCUT2D eigenvalue weighted by molar-refractivity contribution is -0.147. The van der Waals surface area contributed by atoms with E-state index in [0.717, 1.165) is 17.1 Å². The van der Waals surface area contributed by atoms with Gasteiger partial charge in [-0.15, -0.1) is 0 Å². The van der Waals surface area contributed by atoms with E-state index in [0.29, 0.717) is 0 Å². The summed E-state index contributed by atoms with van der Waals surface area (Å²) < 4.78 is 11.3. The van der Waals surface area contributed by atoms with Crippen LogP contribution in [0.3, 0.4) is 0 Å². The molecule has 0 saturated heterocycles. The zero-order valence-electron chi connectivity index (χ0n) is 23.6. The quantitative estimate of drug-likeness (QED) is 0.119. The highest BCUT2D eigenvalue weighted by Crippen LogP contribution is 2.59. The molecule has 0 spiro atoms. The second-order valence-corrected chi connectivity index (χ2v) is 11.9. The first-order chi connectivity index (χ1) is 17.9. The van der Waals surface area contributed by atoms with Crippen molar-refractivity contribution in [2.45, 2.75) is 52.9 Å². The highest BCUT2D eigenvalue weighted by Gasteiger charge is 2.61. The first kappa shape index (κ1) is 31.0. The van der Waals surface area contributed by atoms with Crippen molar-refractivity contribution in [1.29, 1.82) is 0 Å². The molecule has 2 aromatic rings. The van der Waals surface area contributed by atoms with Crippen molar-refractivity contribution in [2.24, 2.45) is 22.4 Å². The van der Waals surface area contributed by atoms with Crippen LogP contribution in [-0.4, -0.2) is 36.3 Å². The van der Waals surface area contributed by atoms with Crippen molar-refractivity contribution >= 4 is 30.0 Å². The maximum Gasteiger partial charge on any atom is 0.433 e. The number of benzene rings is 2. The smallest absolute Gasteiger partial charge is 0.433 e. The van der Waals surface area contributed by atoms with Gasteiger partial charge >= 0.3 is 12.1 Å². The molecule has 0 heterocycles. The van der Waals surface area contributed by atoms with Crippen LogP contribution in [0.1, 0.15) is 47.1 Å². The van der Waals surface area contributed by atoms with Crippen LogP contribution >= 0.6 is 11.8 Å². The van der Waals surface area contributed by atoms with Crippen LogP contribution in [0, 0.1) is 17.3 Å². The number of para-hydroxylation sites is 1. The normalized spacial score (nSPS) is 17.5. The lowest BCUT2D eigenvalue weighted by atomic mass is 10.1. The average Bonchev–Trinajstić information content (AvgIpc) is 3.42. The molecule has 7 nitrogen and oxygen atoms in total. The van der Waals surface area contributed by atoms with E-state index in [1.165, 1.54) is 12.6 Å². The highest BCUT2D eigenvalue weighted by molar-refractivity contribution is 8.00. The van der Waals surface area contributed by atoms with E-state index < -0.39 is 6.09 Å². The number of esters is 1. The Morgan fingerprint density at radius 2 is 1.74 bits per heavy atom. The summed E-state index contributed by atoms with van der Waals surface area (Å²) in [5.41, 5.74) is 2.14. The maximum atomic E-state index is 12.5. The monoisotopic (exact) mass is 540 g/mol. The van der Waals surface area contributed by atoms with Gasteiger partial charge in [0.2, 0.25) is 0 Å². The zero-order chi connectivity index (χ0) is 28.3. The molecule has 1 amide bonds. The lowest BCUT2D eigenvalue weighted by Crippen LogP contribution is -2.19. The van der Waals surface area contributed by atoms with Gasteiger partial charge in [0.15, 0.2) is 0 Å². The number of oxime groups is 1. The van der Waals surface area contributed by atoms with Crippen molar-refractivity contribution in [3.05, 3.63) is 71.8 Å². The Morgan fingerprint density at radius 1 is 1.08 bits per heavy atom. The molecule has 1 saturated carbocycles. The Hall–Kier alpha value is -3.26. The number of allylic oxidation sites excluding steroid dienone is 2. The fourth-order valence-electron chi connectivity index (χ4n) is 3.67. The Bertz CT molecular complexity index is 1120. The molecule has 0 aromatic heterocycles. The Labute approximate surface area is 231 Å². The van der Waals surface area contributed by atoms with Crippen molar-refractivity contribution in [2.75, 3.05) is 13.3 Å².